The van der Waals surface area contributed by atoms with Gasteiger partial charge >= 0.3 is 6.18 Å². The van der Waals surface area contributed by atoms with Crippen LogP contribution in [0, 0.1) is 5.82 Å². The van der Waals surface area contributed by atoms with E-state index in [1.807, 2.05) is 6.07 Å². The monoisotopic (exact) mass is 507 g/mol. The molecule has 2 aromatic carbocycles. The number of benzene rings is 2. The summed E-state index contributed by atoms with van der Waals surface area (Å²) in [5.74, 6) is -1.25. The van der Waals surface area contributed by atoms with Crippen LogP contribution < -0.4 is 10.6 Å². The lowest BCUT2D eigenvalue weighted by atomic mass is 9.81. The van der Waals surface area contributed by atoms with Crippen molar-refractivity contribution in [2.75, 3.05) is 19.6 Å². The van der Waals surface area contributed by atoms with Crippen molar-refractivity contribution >= 4 is 11.8 Å². The Labute approximate surface area is 206 Å². The Bertz CT molecular complexity index is 1090. The van der Waals surface area contributed by atoms with Crippen molar-refractivity contribution in [3.63, 3.8) is 0 Å². The fraction of sp³-hybridized carbons (Fsp3) is 0.462. The second-order valence-electron chi connectivity index (χ2n) is 9.52. The number of aliphatic hydroxyl groups excluding tert-OH is 1. The molecule has 2 unspecified atom stereocenters. The lowest BCUT2D eigenvalue weighted by molar-refractivity contribution is -0.137. The minimum Gasteiger partial charge on any atom is -0.390 e. The van der Waals surface area contributed by atoms with Crippen LogP contribution in [0.25, 0.3) is 0 Å². The lowest BCUT2D eigenvalue weighted by Gasteiger charge is -2.34. The van der Waals surface area contributed by atoms with Gasteiger partial charge in [0.05, 0.1) is 24.3 Å². The number of hydrogen-bond acceptors (Lipinski definition) is 4. The molecule has 2 amide bonds. The van der Waals surface area contributed by atoms with E-state index in [4.69, 9.17) is 0 Å². The van der Waals surface area contributed by atoms with Crippen molar-refractivity contribution in [3.05, 3.63) is 71.0 Å². The summed E-state index contributed by atoms with van der Waals surface area (Å²) in [6.07, 6.45) is -1.70. The standard InChI is InChI=1S/C26H29F4N3O3/c27-20-6-2-3-17(12-20)16-7-9-21(10-8-16)33-14-22(23(34)15-33)32-24(35)13-31-25(36)18-4-1-5-19(11-18)26(28,29)30/h1-6,11-12,16,21-23,34H,7-10,13-15H2,(H,31,36)(H,32,35). The number of aliphatic hydroxyl groups is 1. The minimum atomic E-state index is -4.57. The van der Waals surface area contributed by atoms with Gasteiger partial charge in [0.25, 0.3) is 5.91 Å². The second-order valence-corrected chi connectivity index (χ2v) is 9.52. The van der Waals surface area contributed by atoms with E-state index in [2.05, 4.69) is 15.5 Å². The van der Waals surface area contributed by atoms with Gasteiger partial charge in [-0.25, -0.2) is 4.39 Å². The van der Waals surface area contributed by atoms with Crippen LogP contribution in [0.1, 0.15) is 53.1 Å². The summed E-state index contributed by atoms with van der Waals surface area (Å²) in [6, 6.07) is 10.4. The largest absolute Gasteiger partial charge is 0.416 e. The van der Waals surface area contributed by atoms with Gasteiger partial charge in [0, 0.05) is 24.7 Å². The van der Waals surface area contributed by atoms with Crippen molar-refractivity contribution in [3.8, 4) is 0 Å². The van der Waals surface area contributed by atoms with Crippen LogP contribution in [-0.4, -0.2) is 59.6 Å². The van der Waals surface area contributed by atoms with E-state index in [1.165, 1.54) is 12.1 Å². The fourth-order valence-electron chi connectivity index (χ4n) is 5.15. The first-order valence-electron chi connectivity index (χ1n) is 12.0. The zero-order valence-electron chi connectivity index (χ0n) is 19.6. The molecule has 4 rings (SSSR count). The summed E-state index contributed by atoms with van der Waals surface area (Å²) in [5, 5.41) is 15.5. The van der Waals surface area contributed by atoms with Crippen LogP contribution >= 0.6 is 0 Å². The molecule has 2 aliphatic rings. The van der Waals surface area contributed by atoms with E-state index >= 15 is 0 Å². The summed E-state index contributed by atoms with van der Waals surface area (Å²) in [5.41, 5.74) is -0.135. The fourth-order valence-corrected chi connectivity index (χ4v) is 5.15. The maximum absolute atomic E-state index is 13.5. The zero-order valence-corrected chi connectivity index (χ0v) is 19.6. The average Bonchev–Trinajstić information content (AvgIpc) is 3.22. The Balaban J connectivity index is 1.23. The van der Waals surface area contributed by atoms with E-state index in [-0.39, 0.29) is 17.4 Å². The number of carbonyl (C=O) groups excluding carboxylic acids is 2. The molecule has 1 aliphatic carbocycles. The summed E-state index contributed by atoms with van der Waals surface area (Å²) in [6.45, 7) is 0.456. The van der Waals surface area contributed by atoms with Gasteiger partial charge < -0.3 is 15.7 Å². The van der Waals surface area contributed by atoms with Crippen molar-refractivity contribution in [2.24, 2.45) is 0 Å². The first-order valence-corrected chi connectivity index (χ1v) is 12.0. The summed E-state index contributed by atoms with van der Waals surface area (Å²) >= 11 is 0. The number of alkyl halides is 3. The predicted octanol–water partition coefficient (Wildman–Crippen LogP) is 3.46. The molecule has 0 bridgehead atoms. The van der Waals surface area contributed by atoms with Crippen molar-refractivity contribution < 1.29 is 32.3 Å². The number of rotatable bonds is 6. The van der Waals surface area contributed by atoms with Gasteiger partial charge in [-0.3, -0.25) is 14.5 Å². The third-order valence-electron chi connectivity index (χ3n) is 7.06. The maximum Gasteiger partial charge on any atom is 0.416 e. The Morgan fingerprint density at radius 3 is 2.42 bits per heavy atom. The molecule has 6 nitrogen and oxygen atoms in total. The van der Waals surface area contributed by atoms with Crippen LogP contribution in [0.2, 0.25) is 0 Å². The molecule has 0 radical (unpaired) electrons. The van der Waals surface area contributed by atoms with E-state index in [1.54, 1.807) is 12.1 Å². The molecule has 1 aliphatic heterocycles. The molecule has 1 saturated carbocycles. The van der Waals surface area contributed by atoms with Crippen LogP contribution in [-0.2, 0) is 11.0 Å². The van der Waals surface area contributed by atoms with Crippen molar-refractivity contribution in [1.82, 2.24) is 15.5 Å². The molecule has 0 aromatic heterocycles. The normalized spacial score (nSPS) is 24.9. The topological polar surface area (TPSA) is 81.7 Å². The number of nitrogens with zero attached hydrogens (tertiary/aromatic N) is 1. The number of carbonyl (C=O) groups is 2. The highest BCUT2D eigenvalue weighted by molar-refractivity contribution is 5.96. The van der Waals surface area contributed by atoms with Crippen molar-refractivity contribution in [2.45, 2.75) is 56.0 Å². The predicted molar refractivity (Wildman–Crippen MR) is 125 cm³/mol. The Morgan fingerprint density at radius 2 is 1.72 bits per heavy atom. The SMILES string of the molecule is O=C(CNC(=O)c1cccc(C(F)(F)F)c1)NC1CN(C2CCC(c3cccc(F)c3)CC2)CC1O. The highest BCUT2D eigenvalue weighted by Gasteiger charge is 2.37. The molecular weight excluding hydrogens is 478 g/mol. The van der Waals surface area contributed by atoms with E-state index in [0.717, 1.165) is 49.4 Å². The molecule has 10 heteroatoms. The third kappa shape index (κ3) is 6.41. The third-order valence-corrected chi connectivity index (χ3v) is 7.06. The molecular formula is C26H29F4N3O3. The molecule has 1 heterocycles. The van der Waals surface area contributed by atoms with Gasteiger partial charge in [-0.15, -0.1) is 0 Å². The van der Waals surface area contributed by atoms with Gasteiger partial charge in [-0.1, -0.05) is 18.2 Å². The quantitative estimate of drug-likeness (QED) is 0.524. The second kappa shape index (κ2) is 11.0. The van der Waals surface area contributed by atoms with Crippen molar-refractivity contribution in [1.29, 1.82) is 0 Å². The first kappa shape index (κ1) is 26.1. The Kier molecular flexibility index (Phi) is 7.94. The number of likely N-dealkylation sites (tertiary alicyclic amines) is 1. The number of nitrogens with one attached hydrogen (secondary N) is 2. The number of hydrogen-bond donors (Lipinski definition) is 3. The van der Waals surface area contributed by atoms with Gasteiger partial charge in [-0.05, 0) is 67.5 Å². The van der Waals surface area contributed by atoms with Gasteiger partial charge in [0.1, 0.15) is 5.82 Å². The minimum absolute atomic E-state index is 0.196. The molecule has 2 fully saturated rings. The summed E-state index contributed by atoms with van der Waals surface area (Å²) in [4.78, 5) is 26.7. The zero-order chi connectivity index (χ0) is 25.9. The van der Waals surface area contributed by atoms with E-state index in [9.17, 15) is 32.3 Å². The van der Waals surface area contributed by atoms with Crippen LogP contribution in [0.3, 0.4) is 0 Å². The Hall–Kier alpha value is -2.98. The smallest absolute Gasteiger partial charge is 0.390 e. The van der Waals surface area contributed by atoms with Gasteiger partial charge in [0.2, 0.25) is 5.91 Å². The summed E-state index contributed by atoms with van der Waals surface area (Å²) in [7, 11) is 0. The highest BCUT2D eigenvalue weighted by atomic mass is 19.4. The van der Waals surface area contributed by atoms with E-state index < -0.39 is 42.2 Å². The summed E-state index contributed by atoms with van der Waals surface area (Å²) < 4.78 is 52.1. The van der Waals surface area contributed by atoms with Gasteiger partial charge in [-0.2, -0.15) is 13.2 Å². The average molecular weight is 508 g/mol. The van der Waals surface area contributed by atoms with Crippen LogP contribution in [0.15, 0.2) is 48.5 Å². The molecule has 3 N–H and O–H groups in total. The molecule has 2 aromatic rings. The van der Waals surface area contributed by atoms with Crippen LogP contribution in [0.5, 0.6) is 0 Å². The lowest BCUT2D eigenvalue weighted by Crippen LogP contribution is -2.47. The van der Waals surface area contributed by atoms with Gasteiger partial charge in [0.15, 0.2) is 0 Å². The molecule has 36 heavy (non-hydrogen) atoms. The Morgan fingerprint density at radius 1 is 1.00 bits per heavy atom. The molecule has 194 valence electrons. The highest BCUT2D eigenvalue weighted by Crippen LogP contribution is 2.36. The molecule has 0 spiro atoms. The number of β-amino-alcohol motifs (C(OH)–C–C–N with tert-alkyl or cyclic N) is 1. The number of amides is 2. The van der Waals surface area contributed by atoms with E-state index in [0.29, 0.717) is 19.0 Å². The molecule has 2 atom stereocenters. The number of halogens is 4. The first-order chi connectivity index (χ1) is 17.1. The maximum atomic E-state index is 13.5. The molecule has 1 saturated heterocycles. The van der Waals surface area contributed by atoms with Crippen LogP contribution in [0.4, 0.5) is 17.6 Å².